The highest BCUT2D eigenvalue weighted by Crippen LogP contribution is 2.50. The quantitative estimate of drug-likeness (QED) is 0.0203. The lowest BCUT2D eigenvalue weighted by atomic mass is 9.77. The van der Waals surface area contributed by atoms with Crippen molar-refractivity contribution in [3.05, 3.63) is 293 Å². The molecule has 7 rings (SSSR count). The van der Waals surface area contributed by atoms with Gasteiger partial charge < -0.3 is 56.8 Å². The molecule has 0 fully saturated rings. The molecule has 0 spiro atoms. The van der Waals surface area contributed by atoms with Gasteiger partial charge in [-0.25, -0.2) is 28.8 Å². The van der Waals surface area contributed by atoms with Crippen LogP contribution in [0.15, 0.2) is 148 Å². The van der Waals surface area contributed by atoms with Crippen LogP contribution >= 0.6 is 0 Å². The van der Waals surface area contributed by atoms with Gasteiger partial charge in [-0.2, -0.15) is 0 Å². The van der Waals surface area contributed by atoms with Crippen LogP contribution in [0.2, 0.25) is 0 Å². The minimum atomic E-state index is -0.529. The minimum absolute atomic E-state index is 0.295. The predicted octanol–water partition coefficient (Wildman–Crippen LogP) is 25.0. The van der Waals surface area contributed by atoms with Crippen molar-refractivity contribution in [3.63, 3.8) is 0 Å². The first-order valence-electron chi connectivity index (χ1n) is 39.1. The fourth-order valence-corrected chi connectivity index (χ4v) is 14.0. The first-order valence-corrected chi connectivity index (χ1v) is 39.1. The number of carbonyl (C=O) groups excluding carboxylic acids is 6. The lowest BCUT2D eigenvalue weighted by Gasteiger charge is -2.28. The van der Waals surface area contributed by atoms with E-state index in [1.165, 1.54) is 120 Å². The molecule has 18 nitrogen and oxygen atoms in total. The number of carbonyl (C=O) groups is 6. The first kappa shape index (κ1) is 97.9. The van der Waals surface area contributed by atoms with Crippen molar-refractivity contribution in [1.82, 2.24) is 0 Å². The van der Waals surface area contributed by atoms with Crippen LogP contribution < -0.4 is 28.4 Å². The van der Waals surface area contributed by atoms with Crippen LogP contribution in [0.25, 0.3) is 44.2 Å². The summed E-state index contributed by atoms with van der Waals surface area (Å²) < 4.78 is 66.0. The Morgan fingerprint density at radius 2 is 0.283 bits per heavy atom. The first-order chi connectivity index (χ1) is 56.0. The summed E-state index contributed by atoms with van der Waals surface area (Å²) >= 11 is 0. The van der Waals surface area contributed by atoms with Crippen molar-refractivity contribution in [3.8, 4) is 67.9 Å². The third kappa shape index (κ3) is 21.8. The molecule has 0 aliphatic heterocycles. The third-order valence-electron chi connectivity index (χ3n) is 22.6. The van der Waals surface area contributed by atoms with E-state index in [-0.39, 0.29) is 0 Å². The van der Waals surface area contributed by atoms with E-state index in [1.54, 1.807) is 41.5 Å². The molecule has 636 valence electrons. The largest absolute Gasteiger partial charge is 0.461 e. The highest BCUT2D eigenvalue weighted by atomic mass is 16.6. The van der Waals surface area contributed by atoms with Crippen LogP contribution in [0.4, 0.5) is 0 Å². The standard InChI is InChI=1S/C42H50O6.C32H38O6.C28H32O6/c1-21(2)41(43)47-19-17-45-39-31(13)27(9)37(28(10)32(39)14)35-23(5)25(7)36(26(8)24(35)6)38-29(11)33(15)40(34(16)30(38)12)46-18-20-48-42(44)22(3)4;1-17(2)31(33)37-15-13-35-29-23(9)19(5)27(20(6)24(29)10)28-21(7)25(11)30(26(12)22(28)8)36-14-16-38-32(34)18(3)4;1-15(2)27(29)33-13-11-31-25-21(9)17(5)20(8)24-23(25)19(7)18(6)22(10)26(24)32-12-14-34-28(30)16(3)4/h17-20H,1,3H2,2,4-16H3;13-16H,1,3H2,2,4-12H3;11-14H,1,3H2,2,4-10H3/b19-17-,20-18-;15-13-,16-14-;13-11-,14-12-. The average Bonchev–Trinajstić information content (AvgIpc) is 0.759. The van der Waals surface area contributed by atoms with Crippen molar-refractivity contribution < 1.29 is 85.6 Å². The van der Waals surface area contributed by atoms with Crippen molar-refractivity contribution in [2.45, 2.75) is 222 Å². The van der Waals surface area contributed by atoms with E-state index >= 15 is 0 Å². The fraction of sp³-hybridized carbons (Fsp3) is 0.314. The highest BCUT2D eigenvalue weighted by molar-refractivity contribution is 6.02. The summed E-state index contributed by atoms with van der Waals surface area (Å²) in [7, 11) is 0. The van der Waals surface area contributed by atoms with E-state index in [1.807, 2.05) is 69.2 Å². The number of rotatable bonds is 27. The topological polar surface area (TPSA) is 213 Å². The van der Waals surface area contributed by atoms with Crippen molar-refractivity contribution >= 4 is 46.6 Å². The maximum absolute atomic E-state index is 11.7. The maximum Gasteiger partial charge on any atom is 0.338 e. The second-order valence-corrected chi connectivity index (χ2v) is 30.7. The Labute approximate surface area is 710 Å². The Bertz CT molecular complexity index is 5120. The zero-order valence-corrected chi connectivity index (χ0v) is 76.5. The van der Waals surface area contributed by atoms with Gasteiger partial charge in [0.15, 0.2) is 0 Å². The number of esters is 6. The van der Waals surface area contributed by atoms with Crippen molar-refractivity contribution in [2.75, 3.05) is 0 Å². The van der Waals surface area contributed by atoms with E-state index in [0.29, 0.717) is 44.9 Å². The van der Waals surface area contributed by atoms with Gasteiger partial charge in [0.1, 0.15) is 110 Å². The monoisotopic (exact) mass is 1630 g/mol. The molecule has 0 aliphatic rings. The van der Waals surface area contributed by atoms with Gasteiger partial charge in [0.25, 0.3) is 0 Å². The molecule has 0 atom stereocenters. The molecule has 0 heterocycles. The van der Waals surface area contributed by atoms with Gasteiger partial charge in [-0.05, 0) is 400 Å². The summed E-state index contributed by atoms with van der Waals surface area (Å²) in [6.07, 6.45) is 15.5. The molecule has 0 bridgehead atoms. The average molecular weight is 1630 g/mol. The molecule has 0 unspecified atom stereocenters. The van der Waals surface area contributed by atoms with Crippen molar-refractivity contribution in [2.24, 2.45) is 0 Å². The van der Waals surface area contributed by atoms with Gasteiger partial charge in [0.05, 0.1) is 0 Å². The van der Waals surface area contributed by atoms with E-state index in [2.05, 4.69) is 150 Å². The number of fused-ring (bicyclic) bond motifs is 1. The van der Waals surface area contributed by atoms with E-state index in [9.17, 15) is 28.8 Å². The van der Waals surface area contributed by atoms with E-state index < -0.39 is 35.8 Å². The molecule has 0 N–H and O–H groups in total. The molecule has 18 heteroatoms. The zero-order valence-electron chi connectivity index (χ0n) is 76.5. The molecule has 0 aliphatic carbocycles. The maximum atomic E-state index is 11.7. The second-order valence-electron chi connectivity index (χ2n) is 30.7. The van der Waals surface area contributed by atoms with Gasteiger partial charge in [-0.15, -0.1) is 0 Å². The summed E-state index contributed by atoms with van der Waals surface area (Å²) in [6, 6.07) is 0. The normalized spacial score (nSPS) is 11.2. The summed E-state index contributed by atoms with van der Waals surface area (Å²) in [5.41, 5.74) is 37.1. The third-order valence-corrected chi connectivity index (χ3v) is 22.6. The van der Waals surface area contributed by atoms with Gasteiger partial charge in [-0.3, -0.25) is 0 Å². The summed E-state index contributed by atoms with van der Waals surface area (Å²) in [5.74, 6) is 1.17. The molecule has 0 radical (unpaired) electrons. The summed E-state index contributed by atoms with van der Waals surface area (Å²) in [4.78, 5) is 70.0. The molecule has 0 aromatic heterocycles. The molecular weight excluding hydrogens is 1510 g/mol. The lowest BCUT2D eigenvalue weighted by Crippen LogP contribution is -2.07. The Hall–Kier alpha value is -12.7. The van der Waals surface area contributed by atoms with Crippen LogP contribution in [0.1, 0.15) is 186 Å². The minimum Gasteiger partial charge on any atom is -0.461 e. The Kier molecular flexibility index (Phi) is 34.3. The van der Waals surface area contributed by atoms with Crippen LogP contribution in [0, 0.1) is 180 Å². The SMILES string of the molecule is C=C(C)C(=O)O/C=C\Oc1c(C)c(C)c(-c2c(C)c(C)c(-c3c(C)c(C)c(O/C=C\OC(=O)C(=C)C)c(C)c3C)c(C)c2C)c(C)c1C.C=C(C)C(=O)O/C=C\Oc1c(C)c(C)c(-c2c(C)c(C)c(O/C=C\OC(=O)C(=C)C)c(C)c2C)c(C)c1C.C=C(C)C(=O)O/C=C\Oc1c(C)c(C)c(C)c2c(O/C=C\OC(=O)C(=C)C)c(C)c(C)c(C)c12. The van der Waals surface area contributed by atoms with Crippen LogP contribution in [0.5, 0.6) is 34.5 Å². The molecule has 0 saturated carbocycles. The smallest absolute Gasteiger partial charge is 0.338 e. The fourth-order valence-electron chi connectivity index (χ4n) is 14.0. The van der Waals surface area contributed by atoms with Crippen LogP contribution in [0.3, 0.4) is 0 Å². The van der Waals surface area contributed by atoms with Gasteiger partial charge >= 0.3 is 35.8 Å². The highest BCUT2D eigenvalue weighted by Gasteiger charge is 2.29. The van der Waals surface area contributed by atoms with Crippen molar-refractivity contribution in [1.29, 1.82) is 0 Å². The molecule has 0 amide bonds. The summed E-state index contributed by atoms with van der Waals surface area (Å²) in [5, 5.41) is 1.78. The Morgan fingerprint density at radius 1 is 0.167 bits per heavy atom. The molecule has 0 saturated heterocycles. The van der Waals surface area contributed by atoms with Crippen LogP contribution in [-0.2, 0) is 57.2 Å². The lowest BCUT2D eigenvalue weighted by molar-refractivity contribution is -0.134. The Morgan fingerprint density at radius 3 is 0.417 bits per heavy atom. The van der Waals surface area contributed by atoms with Gasteiger partial charge in [0.2, 0.25) is 0 Å². The molecular formula is C102H120O18. The number of hydrogen-bond donors (Lipinski definition) is 0. The number of ether oxygens (including phenoxy) is 12. The predicted molar refractivity (Wildman–Crippen MR) is 480 cm³/mol. The number of benzene rings is 7. The zero-order chi connectivity index (χ0) is 91.0. The second kappa shape index (κ2) is 42.1. The van der Waals surface area contributed by atoms with E-state index in [0.717, 1.165) is 167 Å². The van der Waals surface area contributed by atoms with E-state index in [4.69, 9.17) is 56.8 Å². The Balaban J connectivity index is 0.000000326. The van der Waals surface area contributed by atoms with Gasteiger partial charge in [0, 0.05) is 44.2 Å². The number of aryl methyl sites for hydroxylation is 2. The number of hydrogen-bond acceptors (Lipinski definition) is 18. The molecule has 7 aromatic carbocycles. The van der Waals surface area contributed by atoms with Crippen LogP contribution in [-0.4, -0.2) is 35.8 Å². The summed E-state index contributed by atoms with van der Waals surface area (Å²) in [6.45, 7) is 85.1. The molecule has 7 aromatic rings. The van der Waals surface area contributed by atoms with Gasteiger partial charge in [-0.1, -0.05) is 39.5 Å². The molecule has 120 heavy (non-hydrogen) atoms.